The minimum atomic E-state index is 0. The first-order valence-electron chi connectivity index (χ1n) is 6.92. The fourth-order valence-electron chi connectivity index (χ4n) is 1.92. The average Bonchev–Trinajstić information content (AvgIpc) is 2.20. The topological polar surface area (TPSA) is 38.2 Å². The molecule has 0 radical (unpaired) electrons. The Kier molecular flexibility index (Phi) is 33.9. The van der Waals surface area contributed by atoms with Gasteiger partial charge >= 0.3 is 0 Å². The van der Waals surface area contributed by atoms with E-state index in [1.54, 1.807) is 0 Å². The van der Waals surface area contributed by atoms with Crippen LogP contribution in [0.4, 0.5) is 0 Å². The Bertz CT molecular complexity index is 122. The minimum Gasteiger partial charge on any atom is -0.344 e. The van der Waals surface area contributed by atoms with Crippen molar-refractivity contribution >= 4 is 24.8 Å². The summed E-state index contributed by atoms with van der Waals surface area (Å²) in [6, 6.07) is 0. The zero-order chi connectivity index (χ0) is 11.4. The second kappa shape index (κ2) is 22.7. The fraction of sp³-hybridized carbons (Fsp3) is 1.00. The number of halogens is 2. The number of unbranched alkanes of at least 4 members (excludes halogenated alkanes) is 9. The van der Waals surface area contributed by atoms with E-state index < -0.39 is 0 Å². The first-order chi connectivity index (χ1) is 7.27. The Morgan fingerprint density at radius 2 is 0.944 bits per heavy atom. The SMILES string of the molecule is CCCCCCCCCCCCN(C)C.Cl.Cl.N. The highest BCUT2D eigenvalue weighted by Crippen LogP contribution is 2.10. The normalized spacial score (nSPS) is 9.33. The van der Waals surface area contributed by atoms with Gasteiger partial charge in [0.15, 0.2) is 0 Å². The smallest absolute Gasteiger partial charge is 0.00248 e. The highest BCUT2D eigenvalue weighted by molar-refractivity contribution is 5.85. The molecule has 0 unspecified atom stereocenters. The number of hydrogen-bond acceptors (Lipinski definition) is 2. The Morgan fingerprint density at radius 1 is 0.611 bits per heavy atom. The van der Waals surface area contributed by atoms with Gasteiger partial charge in [-0.15, -0.1) is 24.8 Å². The van der Waals surface area contributed by atoms with Crippen molar-refractivity contribution in [3.05, 3.63) is 0 Å². The molecule has 0 fully saturated rings. The summed E-state index contributed by atoms with van der Waals surface area (Å²) in [4.78, 5) is 2.28. The lowest BCUT2D eigenvalue weighted by Gasteiger charge is -2.08. The Morgan fingerprint density at radius 3 is 1.28 bits per heavy atom. The van der Waals surface area contributed by atoms with Gasteiger partial charge in [0.2, 0.25) is 0 Å². The molecule has 3 N–H and O–H groups in total. The third-order valence-corrected chi connectivity index (χ3v) is 2.96. The van der Waals surface area contributed by atoms with Crippen molar-refractivity contribution in [3.63, 3.8) is 0 Å². The lowest BCUT2D eigenvalue weighted by Crippen LogP contribution is -2.12. The number of rotatable bonds is 11. The highest BCUT2D eigenvalue weighted by Gasteiger charge is 1.93. The van der Waals surface area contributed by atoms with Crippen LogP contribution < -0.4 is 6.15 Å². The van der Waals surface area contributed by atoms with Crippen molar-refractivity contribution in [1.82, 2.24) is 11.1 Å². The molecule has 2 nitrogen and oxygen atoms in total. The summed E-state index contributed by atoms with van der Waals surface area (Å²) >= 11 is 0. The van der Waals surface area contributed by atoms with E-state index in [1.165, 1.54) is 70.8 Å². The molecule has 0 heterocycles. The maximum absolute atomic E-state index is 2.28. The molecule has 0 saturated heterocycles. The molecule has 0 aromatic rings. The van der Waals surface area contributed by atoms with Gasteiger partial charge in [-0.2, -0.15) is 0 Å². The lowest BCUT2D eigenvalue weighted by molar-refractivity contribution is 0.389. The monoisotopic (exact) mass is 302 g/mol. The summed E-state index contributed by atoms with van der Waals surface area (Å²) in [5.74, 6) is 0. The molecule has 0 bridgehead atoms. The maximum Gasteiger partial charge on any atom is -0.00248 e. The molecular weight excluding hydrogens is 267 g/mol. The van der Waals surface area contributed by atoms with Gasteiger partial charge in [0, 0.05) is 0 Å². The fourth-order valence-corrected chi connectivity index (χ4v) is 1.92. The second-order valence-electron chi connectivity index (χ2n) is 4.99. The molecule has 0 saturated carbocycles. The van der Waals surface area contributed by atoms with Crippen LogP contribution in [0.25, 0.3) is 0 Å². The molecule has 0 aliphatic heterocycles. The predicted molar refractivity (Wildman–Crippen MR) is 89.9 cm³/mol. The van der Waals surface area contributed by atoms with Crippen molar-refractivity contribution in [2.75, 3.05) is 20.6 Å². The molecule has 0 aliphatic rings. The van der Waals surface area contributed by atoms with Gasteiger partial charge in [-0.25, -0.2) is 0 Å². The molecule has 0 spiro atoms. The zero-order valence-electron chi connectivity index (χ0n) is 12.7. The lowest BCUT2D eigenvalue weighted by atomic mass is 10.1. The van der Waals surface area contributed by atoms with Gasteiger partial charge < -0.3 is 11.1 Å². The summed E-state index contributed by atoms with van der Waals surface area (Å²) in [5, 5.41) is 0. The second-order valence-corrected chi connectivity index (χ2v) is 4.99. The van der Waals surface area contributed by atoms with Crippen molar-refractivity contribution in [3.8, 4) is 0 Å². The summed E-state index contributed by atoms with van der Waals surface area (Å²) < 4.78 is 0. The zero-order valence-corrected chi connectivity index (χ0v) is 14.4. The van der Waals surface area contributed by atoms with Gasteiger partial charge in [0.1, 0.15) is 0 Å². The first-order valence-corrected chi connectivity index (χ1v) is 6.92. The third kappa shape index (κ3) is 25.4. The molecule has 0 atom stereocenters. The van der Waals surface area contributed by atoms with Gasteiger partial charge in [-0.05, 0) is 27.1 Å². The molecule has 0 amide bonds. The van der Waals surface area contributed by atoms with E-state index in [1.807, 2.05) is 0 Å². The predicted octanol–water partition coefficient (Wildman–Crippen LogP) is 5.47. The standard InChI is InChI=1S/C14H31N.2ClH.H3N/c1-4-5-6-7-8-9-10-11-12-13-14-15(2)3;;;/h4-14H2,1-3H3;2*1H;1H3. The van der Waals surface area contributed by atoms with Crippen LogP contribution in [0.1, 0.15) is 71.1 Å². The van der Waals surface area contributed by atoms with Crippen molar-refractivity contribution in [1.29, 1.82) is 0 Å². The van der Waals surface area contributed by atoms with Crippen LogP contribution in [-0.2, 0) is 0 Å². The molecule has 18 heavy (non-hydrogen) atoms. The summed E-state index contributed by atoms with van der Waals surface area (Å²) in [5.41, 5.74) is 0. The molecule has 116 valence electrons. The minimum absolute atomic E-state index is 0. The number of hydrogen-bond donors (Lipinski definition) is 1. The van der Waals surface area contributed by atoms with Crippen LogP contribution in [0.2, 0.25) is 0 Å². The van der Waals surface area contributed by atoms with Crippen LogP contribution in [0.15, 0.2) is 0 Å². The molecule has 0 rings (SSSR count). The molecule has 4 heteroatoms. The highest BCUT2D eigenvalue weighted by atomic mass is 35.5. The van der Waals surface area contributed by atoms with Crippen molar-refractivity contribution in [2.24, 2.45) is 0 Å². The van der Waals surface area contributed by atoms with E-state index in [2.05, 4.69) is 25.9 Å². The van der Waals surface area contributed by atoms with Gasteiger partial charge in [0.25, 0.3) is 0 Å². The van der Waals surface area contributed by atoms with E-state index in [4.69, 9.17) is 0 Å². The Hall–Kier alpha value is 0.500. The summed E-state index contributed by atoms with van der Waals surface area (Å²) in [6.07, 6.45) is 14.4. The van der Waals surface area contributed by atoms with Crippen LogP contribution in [0.5, 0.6) is 0 Å². The van der Waals surface area contributed by atoms with Crippen LogP contribution in [0.3, 0.4) is 0 Å². The average molecular weight is 303 g/mol. The maximum atomic E-state index is 2.28. The molecule has 0 aromatic heterocycles. The Balaban J connectivity index is -0.000000327. The van der Waals surface area contributed by atoms with Crippen molar-refractivity contribution in [2.45, 2.75) is 71.1 Å². The quantitative estimate of drug-likeness (QED) is 0.514. The summed E-state index contributed by atoms with van der Waals surface area (Å²) in [6.45, 7) is 3.54. The van der Waals surface area contributed by atoms with E-state index in [0.29, 0.717) is 0 Å². The van der Waals surface area contributed by atoms with E-state index in [-0.39, 0.29) is 31.0 Å². The largest absolute Gasteiger partial charge is 0.344 e. The van der Waals surface area contributed by atoms with Gasteiger partial charge in [0.05, 0.1) is 0 Å². The van der Waals surface area contributed by atoms with Gasteiger partial charge in [-0.1, -0.05) is 64.7 Å². The number of nitrogens with zero attached hydrogens (tertiary/aromatic N) is 1. The summed E-state index contributed by atoms with van der Waals surface area (Å²) in [7, 11) is 4.32. The molecular formula is C14H36Cl2N2. The van der Waals surface area contributed by atoms with Crippen LogP contribution in [0, 0.1) is 0 Å². The Labute approximate surface area is 128 Å². The molecule has 0 aliphatic carbocycles. The molecule has 0 aromatic carbocycles. The van der Waals surface area contributed by atoms with E-state index in [9.17, 15) is 0 Å². The van der Waals surface area contributed by atoms with Crippen LogP contribution in [-0.4, -0.2) is 25.5 Å². The first kappa shape index (κ1) is 26.9. The third-order valence-electron chi connectivity index (χ3n) is 2.96. The van der Waals surface area contributed by atoms with Gasteiger partial charge in [-0.3, -0.25) is 0 Å². The van der Waals surface area contributed by atoms with E-state index >= 15 is 0 Å². The van der Waals surface area contributed by atoms with Crippen LogP contribution >= 0.6 is 24.8 Å². The van der Waals surface area contributed by atoms with E-state index in [0.717, 1.165) is 0 Å². The van der Waals surface area contributed by atoms with Crippen molar-refractivity contribution < 1.29 is 0 Å².